The van der Waals surface area contributed by atoms with Crippen molar-refractivity contribution in [2.24, 2.45) is 23.2 Å². The van der Waals surface area contributed by atoms with E-state index in [-0.39, 0.29) is 5.54 Å². The maximum absolute atomic E-state index is 6.07. The second kappa shape index (κ2) is 3.07. The SMILES string of the molecule is C[C@H]1CCC2C([C@@H]1B(Cl)Cl)C2(C)C. The van der Waals surface area contributed by atoms with Crippen LogP contribution in [0.1, 0.15) is 33.6 Å². The van der Waals surface area contributed by atoms with Crippen LogP contribution in [0.2, 0.25) is 5.82 Å². The topological polar surface area (TPSA) is 0 Å². The molecule has 2 aliphatic carbocycles. The fraction of sp³-hybridized carbons (Fsp3) is 1.00. The molecule has 2 fully saturated rings. The first kappa shape index (κ1) is 10.2. The van der Waals surface area contributed by atoms with Crippen LogP contribution < -0.4 is 0 Å². The van der Waals surface area contributed by atoms with E-state index in [4.69, 9.17) is 22.9 Å². The summed E-state index contributed by atoms with van der Waals surface area (Å²) in [5.74, 6) is 2.94. The third-order valence-corrected chi connectivity index (χ3v) is 5.02. The van der Waals surface area contributed by atoms with E-state index in [1.54, 1.807) is 0 Å². The highest BCUT2D eigenvalue weighted by Crippen LogP contribution is 2.71. The molecule has 4 atom stereocenters. The van der Waals surface area contributed by atoms with Crippen LogP contribution in [-0.4, -0.2) is 5.54 Å². The maximum atomic E-state index is 6.07. The molecule has 2 aliphatic rings. The van der Waals surface area contributed by atoms with Crippen LogP contribution in [0.4, 0.5) is 0 Å². The van der Waals surface area contributed by atoms with Crippen LogP contribution in [-0.2, 0) is 0 Å². The smallest absolute Gasteiger partial charge is 0.171 e. The zero-order chi connectivity index (χ0) is 9.80. The van der Waals surface area contributed by atoms with E-state index in [9.17, 15) is 0 Å². The zero-order valence-electron chi connectivity index (χ0n) is 8.56. The van der Waals surface area contributed by atoms with Crippen LogP contribution >= 0.6 is 22.9 Å². The summed E-state index contributed by atoms with van der Waals surface area (Å²) < 4.78 is 0. The molecular formula is C10H17BCl2. The summed E-state index contributed by atoms with van der Waals surface area (Å²) in [5, 5.41) is 0. The standard InChI is InChI=1S/C10H17BCl2/c1-6-4-5-7-8(10(7,2)3)9(6)11(12)13/h6-9H,4-5H2,1-3H3/t6-,7?,8?,9+/m0/s1. The number of hydrogen-bond acceptors (Lipinski definition) is 0. The Morgan fingerprint density at radius 3 is 2.31 bits per heavy atom. The van der Waals surface area contributed by atoms with E-state index in [0.717, 1.165) is 11.8 Å². The van der Waals surface area contributed by atoms with E-state index >= 15 is 0 Å². The molecule has 0 aromatic heterocycles. The first-order valence-corrected chi connectivity index (χ1v) is 6.11. The normalized spacial score (nSPS) is 46.8. The molecule has 0 amide bonds. The van der Waals surface area contributed by atoms with Gasteiger partial charge in [0.05, 0.1) is 0 Å². The molecule has 0 N–H and O–H groups in total. The van der Waals surface area contributed by atoms with E-state index in [1.165, 1.54) is 12.8 Å². The van der Waals surface area contributed by atoms with Crippen LogP contribution in [0, 0.1) is 23.2 Å². The summed E-state index contributed by atoms with van der Waals surface area (Å²) in [6, 6.07) is 0. The van der Waals surface area contributed by atoms with Gasteiger partial charge in [0.15, 0.2) is 0 Å². The lowest BCUT2D eigenvalue weighted by Crippen LogP contribution is -2.22. The summed E-state index contributed by atoms with van der Waals surface area (Å²) in [6.45, 7) is 7.03. The molecule has 0 spiro atoms. The average Bonchev–Trinajstić information content (AvgIpc) is 2.53. The van der Waals surface area contributed by atoms with Crippen LogP contribution in [0.15, 0.2) is 0 Å². The Labute approximate surface area is 91.3 Å². The highest BCUT2D eigenvalue weighted by Gasteiger charge is 2.64. The molecule has 2 unspecified atom stereocenters. The first-order valence-electron chi connectivity index (χ1n) is 5.24. The number of halogens is 2. The summed E-state index contributed by atoms with van der Waals surface area (Å²) >= 11 is 12.1. The van der Waals surface area contributed by atoms with Gasteiger partial charge in [0.1, 0.15) is 0 Å². The van der Waals surface area contributed by atoms with E-state index in [2.05, 4.69) is 20.8 Å². The minimum absolute atomic E-state index is 0.162. The van der Waals surface area contributed by atoms with Crippen molar-refractivity contribution in [3.05, 3.63) is 0 Å². The van der Waals surface area contributed by atoms with Crippen LogP contribution in [0.3, 0.4) is 0 Å². The van der Waals surface area contributed by atoms with Crippen molar-refractivity contribution in [2.45, 2.75) is 39.4 Å². The fourth-order valence-corrected chi connectivity index (χ4v) is 4.31. The monoisotopic (exact) mass is 218 g/mol. The summed E-state index contributed by atoms with van der Waals surface area (Å²) in [4.78, 5) is 0. The Morgan fingerprint density at radius 2 is 1.85 bits per heavy atom. The molecule has 0 radical (unpaired) electrons. The zero-order valence-corrected chi connectivity index (χ0v) is 10.1. The Hall–Kier alpha value is 0.645. The molecule has 0 nitrogen and oxygen atoms in total. The van der Waals surface area contributed by atoms with Crippen LogP contribution in [0.25, 0.3) is 0 Å². The largest absolute Gasteiger partial charge is 0.355 e. The Morgan fingerprint density at radius 1 is 1.23 bits per heavy atom. The van der Waals surface area contributed by atoms with Crippen molar-refractivity contribution in [1.82, 2.24) is 0 Å². The minimum atomic E-state index is -0.162. The van der Waals surface area contributed by atoms with Gasteiger partial charge in [-0.3, -0.25) is 0 Å². The second-order valence-electron chi connectivity index (χ2n) is 5.42. The quantitative estimate of drug-likeness (QED) is 0.584. The third kappa shape index (κ3) is 1.43. The molecule has 2 rings (SSSR count). The van der Waals surface area contributed by atoms with E-state index in [0.29, 0.717) is 17.2 Å². The van der Waals surface area contributed by atoms with Gasteiger partial charge in [-0.05, 0) is 35.4 Å². The molecule has 0 saturated heterocycles. The lowest BCUT2D eigenvalue weighted by atomic mass is 9.66. The maximum Gasteiger partial charge on any atom is 0.355 e. The minimum Gasteiger partial charge on any atom is -0.171 e. The second-order valence-corrected chi connectivity index (χ2v) is 6.58. The van der Waals surface area contributed by atoms with Crippen molar-refractivity contribution in [1.29, 1.82) is 0 Å². The van der Waals surface area contributed by atoms with Gasteiger partial charge < -0.3 is 0 Å². The van der Waals surface area contributed by atoms with Gasteiger partial charge in [0.25, 0.3) is 0 Å². The lowest BCUT2D eigenvalue weighted by Gasteiger charge is -2.28. The number of hydrogen-bond donors (Lipinski definition) is 0. The molecule has 3 heteroatoms. The van der Waals surface area contributed by atoms with Gasteiger partial charge >= 0.3 is 5.54 Å². The van der Waals surface area contributed by atoms with E-state index < -0.39 is 0 Å². The molecule has 0 aliphatic heterocycles. The van der Waals surface area contributed by atoms with E-state index in [1.807, 2.05) is 0 Å². The van der Waals surface area contributed by atoms with Gasteiger partial charge in [0, 0.05) is 0 Å². The lowest BCUT2D eigenvalue weighted by molar-refractivity contribution is 0.366. The Kier molecular flexibility index (Phi) is 2.40. The van der Waals surface area contributed by atoms with Crippen LogP contribution in [0.5, 0.6) is 0 Å². The van der Waals surface area contributed by atoms with Crippen molar-refractivity contribution in [2.75, 3.05) is 0 Å². The van der Waals surface area contributed by atoms with Crippen molar-refractivity contribution >= 4 is 28.5 Å². The molecule has 74 valence electrons. The predicted octanol–water partition coefficient (Wildman–Crippen LogP) is 4.02. The first-order chi connectivity index (χ1) is 5.96. The summed E-state index contributed by atoms with van der Waals surface area (Å²) in [5.41, 5.74) is 0.349. The van der Waals surface area contributed by atoms with Gasteiger partial charge in [-0.2, -0.15) is 22.9 Å². The average molecular weight is 219 g/mol. The Bertz CT molecular complexity index is 215. The molecule has 0 aromatic carbocycles. The molecule has 0 bridgehead atoms. The van der Waals surface area contributed by atoms with Crippen molar-refractivity contribution < 1.29 is 0 Å². The predicted molar refractivity (Wildman–Crippen MR) is 60.4 cm³/mol. The molecule has 13 heavy (non-hydrogen) atoms. The molecule has 2 saturated carbocycles. The van der Waals surface area contributed by atoms with Crippen molar-refractivity contribution in [3.8, 4) is 0 Å². The highest BCUT2D eigenvalue weighted by atomic mass is 35.5. The van der Waals surface area contributed by atoms with Gasteiger partial charge in [-0.25, -0.2) is 0 Å². The van der Waals surface area contributed by atoms with Gasteiger partial charge in [-0.15, -0.1) is 0 Å². The summed E-state index contributed by atoms with van der Waals surface area (Å²) in [7, 11) is 0. The number of rotatable bonds is 1. The molecule has 0 heterocycles. The highest BCUT2D eigenvalue weighted by molar-refractivity contribution is 7.34. The Balaban J connectivity index is 2.15. The summed E-state index contributed by atoms with van der Waals surface area (Å²) in [6.07, 6.45) is 2.70. The third-order valence-electron chi connectivity index (χ3n) is 4.43. The molecule has 0 aromatic rings. The van der Waals surface area contributed by atoms with Crippen molar-refractivity contribution in [3.63, 3.8) is 0 Å². The van der Waals surface area contributed by atoms with Gasteiger partial charge in [0.2, 0.25) is 0 Å². The fourth-order valence-electron chi connectivity index (χ4n) is 3.50. The molecular weight excluding hydrogens is 202 g/mol. The van der Waals surface area contributed by atoms with Gasteiger partial charge in [-0.1, -0.05) is 27.2 Å². The number of fused-ring (bicyclic) bond motifs is 1.